The molecular weight excluding hydrogens is 368 g/mol. The Balaban J connectivity index is 1.22. The molecule has 0 aromatic carbocycles. The summed E-state index contributed by atoms with van der Waals surface area (Å²) in [5.41, 5.74) is 1.04. The number of carbonyl (C=O) groups is 1. The number of hydrogen-bond acceptors (Lipinski definition) is 5. The summed E-state index contributed by atoms with van der Waals surface area (Å²) in [7, 11) is 0. The fraction of sp³-hybridized carbons (Fsp3) is 0.636. The van der Waals surface area contributed by atoms with E-state index in [0.29, 0.717) is 17.6 Å². The highest BCUT2D eigenvalue weighted by molar-refractivity contribution is 7.99. The molecule has 5 fully saturated rings. The molecule has 5 aliphatic rings. The molecule has 5 saturated carbocycles. The van der Waals surface area contributed by atoms with Gasteiger partial charge in [-0.15, -0.1) is 10.2 Å². The van der Waals surface area contributed by atoms with Gasteiger partial charge in [0.2, 0.25) is 0 Å². The number of rotatable bonds is 6. The van der Waals surface area contributed by atoms with Crippen LogP contribution in [0.1, 0.15) is 57.4 Å². The Bertz CT molecular complexity index is 869. The number of nitrogens with zero attached hydrogens (tertiary/aromatic N) is 4. The smallest absolute Gasteiger partial charge is 0.192 e. The van der Waals surface area contributed by atoms with Crippen LogP contribution in [0.15, 0.2) is 29.7 Å². The van der Waals surface area contributed by atoms with Crippen molar-refractivity contribution < 1.29 is 4.79 Å². The van der Waals surface area contributed by atoms with Crippen LogP contribution in [0.2, 0.25) is 0 Å². The van der Waals surface area contributed by atoms with Crippen LogP contribution in [0.25, 0.3) is 11.4 Å². The lowest BCUT2D eigenvalue weighted by Gasteiger charge is -2.56. The van der Waals surface area contributed by atoms with E-state index in [1.165, 1.54) is 32.1 Å². The summed E-state index contributed by atoms with van der Waals surface area (Å²) in [6.45, 7) is 0. The third-order valence-electron chi connectivity index (χ3n) is 7.48. The predicted molar refractivity (Wildman–Crippen MR) is 108 cm³/mol. The summed E-state index contributed by atoms with van der Waals surface area (Å²) in [6, 6.07) is 4.45. The Hall–Kier alpha value is -1.69. The van der Waals surface area contributed by atoms with Gasteiger partial charge in [-0.3, -0.25) is 14.3 Å². The van der Waals surface area contributed by atoms with Crippen LogP contribution < -0.4 is 0 Å². The Labute approximate surface area is 169 Å². The summed E-state index contributed by atoms with van der Waals surface area (Å²) in [5.74, 6) is 4.38. The normalized spacial score (nSPS) is 33.4. The molecule has 0 spiro atoms. The van der Waals surface area contributed by atoms with Crippen LogP contribution in [-0.2, 0) is 4.79 Å². The van der Waals surface area contributed by atoms with Gasteiger partial charge in [0, 0.05) is 29.4 Å². The van der Waals surface area contributed by atoms with Crippen molar-refractivity contribution in [2.75, 3.05) is 5.75 Å². The fourth-order valence-electron chi connectivity index (χ4n) is 6.47. The van der Waals surface area contributed by atoms with Crippen molar-refractivity contribution in [1.82, 2.24) is 19.7 Å². The lowest BCUT2D eigenvalue weighted by Crippen LogP contribution is -2.50. The molecule has 7 rings (SSSR count). The zero-order valence-electron chi connectivity index (χ0n) is 16.1. The first-order valence-electron chi connectivity index (χ1n) is 10.7. The number of pyridine rings is 1. The van der Waals surface area contributed by atoms with Crippen LogP contribution in [0, 0.1) is 23.2 Å². The highest BCUT2D eigenvalue weighted by atomic mass is 32.2. The monoisotopic (exact) mass is 394 g/mol. The molecule has 0 atom stereocenters. The van der Waals surface area contributed by atoms with Crippen LogP contribution in [-0.4, -0.2) is 31.3 Å². The molecular formula is C22H26N4OS. The standard InChI is InChI=1S/C22H26N4OS/c27-19(22-10-14-7-15(11-22)9-16(8-14)12-22)13-28-21-25-24-20(26(21)18-1-2-18)17-3-5-23-6-4-17/h3-6,14-16,18H,1-2,7-13H2. The van der Waals surface area contributed by atoms with Gasteiger partial charge in [-0.05, 0) is 81.3 Å². The predicted octanol–water partition coefficient (Wildman–Crippen LogP) is 4.55. The Kier molecular flexibility index (Phi) is 3.94. The zero-order valence-corrected chi connectivity index (χ0v) is 16.9. The molecule has 0 radical (unpaired) electrons. The van der Waals surface area contributed by atoms with Crippen molar-refractivity contribution in [3.63, 3.8) is 0 Å². The highest BCUT2D eigenvalue weighted by Gasteiger charge is 2.54. The van der Waals surface area contributed by atoms with E-state index in [4.69, 9.17) is 0 Å². The third kappa shape index (κ3) is 2.83. The van der Waals surface area contributed by atoms with Gasteiger partial charge < -0.3 is 0 Å². The molecule has 0 saturated heterocycles. The van der Waals surface area contributed by atoms with Gasteiger partial charge in [-0.1, -0.05) is 11.8 Å². The molecule has 5 nitrogen and oxygen atoms in total. The average molecular weight is 395 g/mol. The average Bonchev–Trinajstić information content (AvgIpc) is 3.44. The van der Waals surface area contributed by atoms with Gasteiger partial charge >= 0.3 is 0 Å². The number of Topliss-reactive ketones (excluding diaryl/α,β-unsaturated/α-hetero) is 1. The molecule has 146 valence electrons. The zero-order chi connectivity index (χ0) is 18.7. The lowest BCUT2D eigenvalue weighted by atomic mass is 9.48. The Morgan fingerprint density at radius 2 is 1.68 bits per heavy atom. The largest absolute Gasteiger partial charge is 0.299 e. The summed E-state index contributed by atoms with van der Waals surface area (Å²) in [4.78, 5) is 17.5. The van der Waals surface area contributed by atoms with Crippen LogP contribution in [0.5, 0.6) is 0 Å². The van der Waals surface area contributed by atoms with Crippen LogP contribution in [0.3, 0.4) is 0 Å². The van der Waals surface area contributed by atoms with Crippen LogP contribution in [0.4, 0.5) is 0 Å². The van der Waals surface area contributed by atoms with E-state index in [1.54, 1.807) is 24.2 Å². The summed E-state index contributed by atoms with van der Waals surface area (Å²) in [6.07, 6.45) is 13.5. The quantitative estimate of drug-likeness (QED) is 0.673. The first kappa shape index (κ1) is 17.2. The fourth-order valence-corrected chi connectivity index (χ4v) is 7.51. The second kappa shape index (κ2) is 6.41. The van der Waals surface area contributed by atoms with E-state index >= 15 is 0 Å². The van der Waals surface area contributed by atoms with Crippen molar-refractivity contribution in [3.8, 4) is 11.4 Å². The van der Waals surface area contributed by atoms with E-state index in [1.807, 2.05) is 12.1 Å². The second-order valence-corrected chi connectivity index (χ2v) is 10.5. The topological polar surface area (TPSA) is 60.7 Å². The molecule has 2 aromatic heterocycles. The summed E-state index contributed by atoms with van der Waals surface area (Å²) < 4.78 is 2.26. The Morgan fingerprint density at radius 3 is 2.29 bits per heavy atom. The van der Waals surface area contributed by atoms with Crippen molar-refractivity contribution in [3.05, 3.63) is 24.5 Å². The minimum Gasteiger partial charge on any atom is -0.299 e. The first-order valence-corrected chi connectivity index (χ1v) is 11.7. The third-order valence-corrected chi connectivity index (χ3v) is 8.42. The van der Waals surface area contributed by atoms with Gasteiger partial charge in [0.25, 0.3) is 0 Å². The van der Waals surface area contributed by atoms with Gasteiger partial charge in [0.1, 0.15) is 5.78 Å². The van der Waals surface area contributed by atoms with E-state index in [2.05, 4.69) is 19.7 Å². The SMILES string of the molecule is O=C(CSc1nnc(-c2ccncc2)n1C1CC1)C12CC3CC(CC(C3)C1)C2. The van der Waals surface area contributed by atoms with Crippen LogP contribution >= 0.6 is 11.8 Å². The van der Waals surface area contributed by atoms with E-state index in [0.717, 1.165) is 53.6 Å². The number of thioether (sulfide) groups is 1. The number of aromatic nitrogens is 4. The molecule has 0 aliphatic heterocycles. The second-order valence-electron chi connectivity index (χ2n) is 9.55. The van der Waals surface area contributed by atoms with Crippen molar-refractivity contribution >= 4 is 17.5 Å². The van der Waals surface area contributed by atoms with Gasteiger partial charge in [0.15, 0.2) is 11.0 Å². The van der Waals surface area contributed by atoms with Crippen molar-refractivity contribution in [2.24, 2.45) is 23.2 Å². The molecule has 2 aromatic rings. The maximum Gasteiger partial charge on any atom is 0.192 e. The van der Waals surface area contributed by atoms with Gasteiger partial charge in [0.05, 0.1) is 5.75 Å². The van der Waals surface area contributed by atoms with Crippen molar-refractivity contribution in [2.45, 2.75) is 62.6 Å². The number of ketones is 1. The molecule has 28 heavy (non-hydrogen) atoms. The van der Waals surface area contributed by atoms with Gasteiger partial charge in [-0.25, -0.2) is 0 Å². The van der Waals surface area contributed by atoms with E-state index in [9.17, 15) is 4.79 Å². The van der Waals surface area contributed by atoms with Crippen molar-refractivity contribution in [1.29, 1.82) is 0 Å². The maximum absolute atomic E-state index is 13.4. The number of carbonyl (C=O) groups excluding carboxylic acids is 1. The lowest BCUT2D eigenvalue weighted by molar-refractivity contribution is -0.141. The van der Waals surface area contributed by atoms with E-state index in [-0.39, 0.29) is 5.41 Å². The summed E-state index contributed by atoms with van der Waals surface area (Å²) >= 11 is 1.61. The van der Waals surface area contributed by atoms with E-state index < -0.39 is 0 Å². The molecule has 0 unspecified atom stereocenters. The molecule has 5 aliphatic carbocycles. The van der Waals surface area contributed by atoms with Gasteiger partial charge in [-0.2, -0.15) is 0 Å². The first-order chi connectivity index (χ1) is 13.7. The summed E-state index contributed by atoms with van der Waals surface area (Å²) in [5, 5.41) is 9.86. The molecule has 6 heteroatoms. The minimum absolute atomic E-state index is 0.0138. The Morgan fingerprint density at radius 1 is 1.04 bits per heavy atom. The molecule has 0 amide bonds. The maximum atomic E-state index is 13.4. The molecule has 0 N–H and O–H groups in total. The number of hydrogen-bond donors (Lipinski definition) is 0. The minimum atomic E-state index is -0.0138. The molecule has 4 bridgehead atoms. The highest BCUT2D eigenvalue weighted by Crippen LogP contribution is 2.60. The molecule has 2 heterocycles.